The van der Waals surface area contributed by atoms with Crippen LogP contribution in [0.4, 0.5) is 5.95 Å². The van der Waals surface area contributed by atoms with E-state index in [1.165, 1.54) is 0 Å². The SMILES string of the molecule is CCC(O)Nc1nc(Cl)nc(Cl)n1. The van der Waals surface area contributed by atoms with Crippen LogP contribution in [0.15, 0.2) is 0 Å². The molecule has 1 unspecified atom stereocenters. The lowest BCUT2D eigenvalue weighted by Gasteiger charge is -2.09. The van der Waals surface area contributed by atoms with Crippen LogP contribution in [-0.4, -0.2) is 26.3 Å². The molecule has 0 aliphatic carbocycles. The molecule has 13 heavy (non-hydrogen) atoms. The topological polar surface area (TPSA) is 70.9 Å². The maximum Gasteiger partial charge on any atom is 0.230 e. The van der Waals surface area contributed by atoms with Crippen LogP contribution >= 0.6 is 23.2 Å². The molecule has 1 heterocycles. The summed E-state index contributed by atoms with van der Waals surface area (Å²) in [6, 6.07) is 0. The second-order valence-electron chi connectivity index (χ2n) is 2.27. The minimum Gasteiger partial charge on any atom is -0.374 e. The number of rotatable bonds is 3. The third-order valence-electron chi connectivity index (χ3n) is 1.26. The van der Waals surface area contributed by atoms with Gasteiger partial charge in [0.25, 0.3) is 0 Å². The standard InChI is InChI=1S/C6H8Cl2N4O/c1-2-3(13)9-6-11-4(7)10-5(8)12-6/h3,13H,2H2,1H3,(H,9,10,11,12). The molecule has 0 fully saturated rings. The van der Waals surface area contributed by atoms with Gasteiger partial charge in [0.15, 0.2) is 0 Å². The molecular formula is C6H8Cl2N4O. The number of aliphatic hydroxyl groups is 1. The zero-order valence-corrected chi connectivity index (χ0v) is 8.34. The number of hydrogen-bond acceptors (Lipinski definition) is 5. The summed E-state index contributed by atoms with van der Waals surface area (Å²) < 4.78 is 0. The highest BCUT2D eigenvalue weighted by molar-refractivity contribution is 6.31. The number of nitrogens with zero attached hydrogens (tertiary/aromatic N) is 3. The summed E-state index contributed by atoms with van der Waals surface area (Å²) in [6.45, 7) is 1.81. The highest BCUT2D eigenvalue weighted by atomic mass is 35.5. The molecule has 7 heteroatoms. The average Bonchev–Trinajstić information content (AvgIpc) is 2.02. The fourth-order valence-corrected chi connectivity index (χ4v) is 1.01. The number of nitrogens with one attached hydrogen (secondary N) is 1. The van der Waals surface area contributed by atoms with E-state index in [0.29, 0.717) is 6.42 Å². The Bertz CT molecular complexity index is 276. The molecule has 0 saturated carbocycles. The molecule has 0 aromatic carbocycles. The van der Waals surface area contributed by atoms with Gasteiger partial charge in [0.2, 0.25) is 16.5 Å². The zero-order chi connectivity index (χ0) is 9.84. The quantitative estimate of drug-likeness (QED) is 0.756. The van der Waals surface area contributed by atoms with E-state index in [1.54, 1.807) is 0 Å². The Hall–Kier alpha value is -0.650. The van der Waals surface area contributed by atoms with Crippen LogP contribution in [0.1, 0.15) is 13.3 Å². The molecule has 1 rings (SSSR count). The van der Waals surface area contributed by atoms with E-state index >= 15 is 0 Å². The van der Waals surface area contributed by atoms with Gasteiger partial charge in [-0.1, -0.05) is 6.92 Å². The Labute approximate surface area is 85.1 Å². The molecule has 0 amide bonds. The van der Waals surface area contributed by atoms with Crippen molar-refractivity contribution in [2.75, 3.05) is 5.32 Å². The lowest BCUT2D eigenvalue weighted by molar-refractivity contribution is 0.198. The highest BCUT2D eigenvalue weighted by Gasteiger charge is 2.05. The Morgan fingerprint density at radius 3 is 2.31 bits per heavy atom. The first-order chi connectivity index (χ1) is 6.11. The van der Waals surface area contributed by atoms with Gasteiger partial charge in [0, 0.05) is 0 Å². The molecule has 0 bridgehead atoms. The summed E-state index contributed by atoms with van der Waals surface area (Å²) in [5.74, 6) is 0.166. The van der Waals surface area contributed by atoms with Gasteiger partial charge in [-0.2, -0.15) is 15.0 Å². The molecule has 0 spiro atoms. The molecule has 0 radical (unpaired) electrons. The van der Waals surface area contributed by atoms with E-state index in [-0.39, 0.29) is 16.5 Å². The van der Waals surface area contributed by atoms with E-state index < -0.39 is 6.23 Å². The Morgan fingerprint density at radius 2 is 1.85 bits per heavy atom. The molecular weight excluding hydrogens is 215 g/mol. The Balaban J connectivity index is 2.77. The number of halogens is 2. The number of aliphatic hydroxyl groups excluding tert-OH is 1. The van der Waals surface area contributed by atoms with E-state index in [0.717, 1.165) is 0 Å². The van der Waals surface area contributed by atoms with Crippen molar-refractivity contribution < 1.29 is 5.11 Å². The minimum absolute atomic E-state index is 0.00852. The average molecular weight is 223 g/mol. The molecule has 0 saturated heterocycles. The Kier molecular flexibility index (Phi) is 3.65. The van der Waals surface area contributed by atoms with Gasteiger partial charge in [-0.25, -0.2) is 0 Å². The van der Waals surface area contributed by atoms with Gasteiger partial charge in [0.1, 0.15) is 6.23 Å². The summed E-state index contributed by atoms with van der Waals surface area (Å²) in [6.07, 6.45) is -0.185. The molecule has 1 aromatic rings. The van der Waals surface area contributed by atoms with Crippen LogP contribution in [-0.2, 0) is 0 Å². The van der Waals surface area contributed by atoms with Crippen molar-refractivity contribution in [2.45, 2.75) is 19.6 Å². The van der Waals surface area contributed by atoms with Crippen molar-refractivity contribution in [1.82, 2.24) is 15.0 Å². The molecule has 5 nitrogen and oxygen atoms in total. The first kappa shape index (κ1) is 10.4. The third kappa shape index (κ3) is 3.30. The van der Waals surface area contributed by atoms with Crippen molar-refractivity contribution in [1.29, 1.82) is 0 Å². The van der Waals surface area contributed by atoms with Crippen LogP contribution in [0.2, 0.25) is 10.6 Å². The van der Waals surface area contributed by atoms with Crippen molar-refractivity contribution in [2.24, 2.45) is 0 Å². The van der Waals surface area contributed by atoms with Crippen LogP contribution in [0.3, 0.4) is 0 Å². The fourth-order valence-electron chi connectivity index (χ4n) is 0.642. The summed E-state index contributed by atoms with van der Waals surface area (Å²) in [4.78, 5) is 11.0. The second-order valence-corrected chi connectivity index (χ2v) is 2.94. The van der Waals surface area contributed by atoms with E-state index in [1.807, 2.05) is 6.92 Å². The van der Waals surface area contributed by atoms with Crippen molar-refractivity contribution >= 4 is 29.2 Å². The Morgan fingerprint density at radius 1 is 1.31 bits per heavy atom. The molecule has 0 aliphatic heterocycles. The lowest BCUT2D eigenvalue weighted by atomic mass is 10.4. The number of aromatic nitrogens is 3. The predicted molar refractivity (Wildman–Crippen MR) is 49.8 cm³/mol. The van der Waals surface area contributed by atoms with Crippen molar-refractivity contribution in [3.05, 3.63) is 10.6 Å². The monoisotopic (exact) mass is 222 g/mol. The van der Waals surface area contributed by atoms with E-state index in [9.17, 15) is 5.11 Å². The van der Waals surface area contributed by atoms with Gasteiger partial charge >= 0.3 is 0 Å². The highest BCUT2D eigenvalue weighted by Crippen LogP contribution is 2.10. The predicted octanol–water partition coefficient (Wildman–Crippen LogP) is 1.32. The zero-order valence-electron chi connectivity index (χ0n) is 6.83. The lowest BCUT2D eigenvalue weighted by Crippen LogP contribution is -2.19. The first-order valence-corrected chi connectivity index (χ1v) is 4.39. The third-order valence-corrected chi connectivity index (χ3v) is 1.60. The molecule has 0 aliphatic rings. The smallest absolute Gasteiger partial charge is 0.230 e. The number of anilines is 1. The largest absolute Gasteiger partial charge is 0.374 e. The van der Waals surface area contributed by atoms with Crippen molar-refractivity contribution in [3.8, 4) is 0 Å². The molecule has 1 atom stereocenters. The van der Waals surface area contributed by atoms with Crippen LogP contribution < -0.4 is 5.32 Å². The van der Waals surface area contributed by atoms with Gasteiger partial charge < -0.3 is 10.4 Å². The number of hydrogen-bond donors (Lipinski definition) is 2. The summed E-state index contributed by atoms with van der Waals surface area (Å²) in [5.41, 5.74) is 0. The van der Waals surface area contributed by atoms with Gasteiger partial charge in [-0.15, -0.1) is 0 Å². The van der Waals surface area contributed by atoms with E-state index in [2.05, 4.69) is 20.3 Å². The maximum absolute atomic E-state index is 9.20. The molecule has 72 valence electrons. The van der Waals surface area contributed by atoms with Gasteiger partial charge in [0.05, 0.1) is 0 Å². The maximum atomic E-state index is 9.20. The normalized spacial score (nSPS) is 12.6. The first-order valence-electron chi connectivity index (χ1n) is 3.63. The van der Waals surface area contributed by atoms with Gasteiger partial charge in [-0.05, 0) is 29.6 Å². The minimum atomic E-state index is -0.713. The molecule has 2 N–H and O–H groups in total. The van der Waals surface area contributed by atoms with Crippen LogP contribution in [0.25, 0.3) is 0 Å². The van der Waals surface area contributed by atoms with Crippen LogP contribution in [0.5, 0.6) is 0 Å². The van der Waals surface area contributed by atoms with Gasteiger partial charge in [-0.3, -0.25) is 0 Å². The van der Waals surface area contributed by atoms with Crippen molar-refractivity contribution in [3.63, 3.8) is 0 Å². The summed E-state index contributed by atoms with van der Waals surface area (Å²) in [5, 5.41) is 11.8. The van der Waals surface area contributed by atoms with E-state index in [4.69, 9.17) is 23.2 Å². The fraction of sp³-hybridized carbons (Fsp3) is 0.500. The molecule has 1 aromatic heterocycles. The second kappa shape index (κ2) is 4.55. The summed E-state index contributed by atoms with van der Waals surface area (Å²) in [7, 11) is 0. The summed E-state index contributed by atoms with van der Waals surface area (Å²) >= 11 is 11.0. The van der Waals surface area contributed by atoms with Crippen LogP contribution in [0, 0.1) is 0 Å².